The highest BCUT2D eigenvalue weighted by Gasteiger charge is 2.28. The van der Waals surface area contributed by atoms with Gasteiger partial charge < -0.3 is 9.64 Å². The second-order valence-corrected chi connectivity index (χ2v) is 6.18. The zero-order chi connectivity index (χ0) is 20.6. The molecule has 3 aromatic rings. The van der Waals surface area contributed by atoms with Gasteiger partial charge in [-0.05, 0) is 24.3 Å². The molecule has 0 spiro atoms. The number of rotatable bonds is 3. The highest BCUT2D eigenvalue weighted by Crippen LogP contribution is 2.23. The van der Waals surface area contributed by atoms with Crippen molar-refractivity contribution in [1.29, 1.82) is 0 Å². The van der Waals surface area contributed by atoms with Crippen LogP contribution in [0.25, 0.3) is 22.6 Å². The first-order chi connectivity index (χ1) is 13.1. The predicted molar refractivity (Wildman–Crippen MR) is 94.2 cm³/mol. The second-order valence-electron chi connectivity index (χ2n) is 6.18. The summed E-state index contributed by atoms with van der Waals surface area (Å²) in [5, 5.41) is 0. The number of aromatic nitrogens is 4. The Morgan fingerprint density at radius 2 is 1.86 bits per heavy atom. The zero-order valence-electron chi connectivity index (χ0n) is 15.2. The Bertz CT molecular complexity index is 1080. The van der Waals surface area contributed by atoms with Crippen molar-refractivity contribution in [3.05, 3.63) is 40.9 Å². The Labute approximate surface area is 156 Å². The van der Waals surface area contributed by atoms with E-state index >= 15 is 0 Å². The summed E-state index contributed by atoms with van der Waals surface area (Å²) in [6.07, 6.45) is -3.02. The van der Waals surface area contributed by atoms with E-state index in [1.807, 2.05) is 0 Å². The first kappa shape index (κ1) is 19.4. The maximum Gasteiger partial charge on any atom is 0.422 e. The van der Waals surface area contributed by atoms with Gasteiger partial charge in [0.15, 0.2) is 18.1 Å². The zero-order valence-corrected chi connectivity index (χ0v) is 15.2. The predicted octanol–water partition coefficient (Wildman–Crippen LogP) is 2.27. The normalized spacial score (nSPS) is 11.6. The summed E-state index contributed by atoms with van der Waals surface area (Å²) in [5.74, 6) is 0.252. The highest BCUT2D eigenvalue weighted by atomic mass is 19.4. The quantitative estimate of drug-likeness (QED) is 0.680. The first-order valence-electron chi connectivity index (χ1n) is 8.04. The summed E-state index contributed by atoms with van der Waals surface area (Å²) < 4.78 is 43.5. The van der Waals surface area contributed by atoms with Gasteiger partial charge in [0, 0.05) is 26.7 Å². The van der Waals surface area contributed by atoms with Crippen molar-refractivity contribution in [3.63, 3.8) is 0 Å². The van der Waals surface area contributed by atoms with Crippen LogP contribution < -0.4 is 10.4 Å². The number of ether oxygens (including phenoxy) is 1. The summed E-state index contributed by atoms with van der Waals surface area (Å²) in [6.45, 7) is -1.39. The molecule has 0 N–H and O–H groups in total. The average Bonchev–Trinajstić information content (AvgIpc) is 2.89. The van der Waals surface area contributed by atoms with Crippen LogP contribution in [0.4, 0.5) is 18.0 Å². The number of carbonyl (C=O) groups is 1. The molecule has 2 heterocycles. The molecule has 0 fully saturated rings. The van der Waals surface area contributed by atoms with Crippen LogP contribution in [-0.4, -0.2) is 56.9 Å². The van der Waals surface area contributed by atoms with Gasteiger partial charge in [-0.25, -0.2) is 19.6 Å². The molecule has 0 saturated carbocycles. The number of amides is 1. The van der Waals surface area contributed by atoms with Gasteiger partial charge in [0.25, 0.3) is 0 Å². The van der Waals surface area contributed by atoms with Crippen LogP contribution >= 0.6 is 0 Å². The summed E-state index contributed by atoms with van der Waals surface area (Å²) in [7, 11) is 4.52. The third-order valence-corrected chi connectivity index (χ3v) is 3.89. The summed E-state index contributed by atoms with van der Waals surface area (Å²) >= 11 is 0. The molecule has 28 heavy (non-hydrogen) atoms. The minimum absolute atomic E-state index is 0.0431. The van der Waals surface area contributed by atoms with Gasteiger partial charge in [0.1, 0.15) is 11.3 Å². The number of aryl methyl sites for hydroxylation is 1. The molecule has 11 heteroatoms. The van der Waals surface area contributed by atoms with E-state index in [-0.39, 0.29) is 17.2 Å². The molecule has 3 rings (SSSR count). The molecule has 0 aliphatic heterocycles. The van der Waals surface area contributed by atoms with E-state index in [0.717, 1.165) is 4.57 Å². The second kappa shape index (κ2) is 6.98. The maximum atomic E-state index is 12.4. The Hall–Kier alpha value is -3.37. The third-order valence-electron chi connectivity index (χ3n) is 3.89. The molecule has 8 nitrogen and oxygen atoms in total. The van der Waals surface area contributed by atoms with E-state index in [2.05, 4.69) is 14.7 Å². The number of benzene rings is 1. The third kappa shape index (κ3) is 3.68. The highest BCUT2D eigenvalue weighted by molar-refractivity contribution is 5.87. The number of alkyl halides is 3. The van der Waals surface area contributed by atoms with Crippen molar-refractivity contribution < 1.29 is 22.7 Å². The molecular weight excluding hydrogens is 379 g/mol. The van der Waals surface area contributed by atoms with Crippen LogP contribution in [-0.2, 0) is 7.05 Å². The molecule has 1 amide bonds. The number of hydrogen-bond donors (Lipinski definition) is 0. The van der Waals surface area contributed by atoms with Gasteiger partial charge in [-0.1, -0.05) is 0 Å². The average molecular weight is 395 g/mol. The SMILES string of the molecule is CN(C)C(=O)n1c(=O)n(C)c2cnc(-c3ccc(OCC(F)(F)F)cc3)nc21. The molecule has 2 aromatic heterocycles. The molecule has 148 valence electrons. The standard InChI is InChI=1S/C17H16F3N5O3/c1-23(2)15(26)25-14-12(24(3)16(25)27)8-21-13(22-14)10-4-6-11(7-5-10)28-9-17(18,19)20/h4-8H,9H2,1-3H3. The topological polar surface area (TPSA) is 82.2 Å². The van der Waals surface area contributed by atoms with Crippen molar-refractivity contribution in [3.8, 4) is 17.1 Å². The van der Waals surface area contributed by atoms with Gasteiger partial charge in [-0.15, -0.1) is 0 Å². The van der Waals surface area contributed by atoms with Crippen LogP contribution in [0, 0.1) is 0 Å². The van der Waals surface area contributed by atoms with Crippen LogP contribution in [0.3, 0.4) is 0 Å². The number of carbonyl (C=O) groups excluding carboxylic acids is 1. The smallest absolute Gasteiger partial charge is 0.422 e. The summed E-state index contributed by atoms with van der Waals surface area (Å²) in [4.78, 5) is 34.5. The number of fused-ring (bicyclic) bond motifs is 1. The largest absolute Gasteiger partial charge is 0.484 e. The summed E-state index contributed by atoms with van der Waals surface area (Å²) in [6, 6.07) is 5.14. The molecule has 0 radical (unpaired) electrons. The molecule has 0 aliphatic carbocycles. The number of hydrogen-bond acceptors (Lipinski definition) is 5. The lowest BCUT2D eigenvalue weighted by atomic mass is 10.2. The maximum absolute atomic E-state index is 12.4. The minimum Gasteiger partial charge on any atom is -0.484 e. The fraction of sp³-hybridized carbons (Fsp3) is 0.294. The van der Waals surface area contributed by atoms with Crippen molar-refractivity contribution in [2.45, 2.75) is 6.18 Å². The van der Waals surface area contributed by atoms with E-state index in [9.17, 15) is 22.8 Å². The fourth-order valence-electron chi connectivity index (χ4n) is 2.49. The molecule has 1 aromatic carbocycles. The van der Waals surface area contributed by atoms with Gasteiger partial charge in [-0.2, -0.15) is 17.7 Å². The Morgan fingerprint density at radius 3 is 2.43 bits per heavy atom. The monoisotopic (exact) mass is 395 g/mol. The first-order valence-corrected chi connectivity index (χ1v) is 8.04. The number of imidazole rings is 1. The number of halogens is 3. The van der Waals surface area contributed by atoms with Gasteiger partial charge in [0.05, 0.1) is 6.20 Å². The molecule has 0 aliphatic rings. The van der Waals surface area contributed by atoms with Crippen molar-refractivity contribution >= 4 is 17.2 Å². The van der Waals surface area contributed by atoms with E-state index in [1.165, 1.54) is 61.1 Å². The van der Waals surface area contributed by atoms with Crippen LogP contribution in [0.2, 0.25) is 0 Å². The molecule has 0 bridgehead atoms. The molecule has 0 saturated heterocycles. The molecule has 0 unspecified atom stereocenters. The summed E-state index contributed by atoms with van der Waals surface area (Å²) in [5.41, 5.74) is 0.431. The van der Waals surface area contributed by atoms with E-state index in [4.69, 9.17) is 0 Å². The lowest BCUT2D eigenvalue weighted by Gasteiger charge is -2.10. The van der Waals surface area contributed by atoms with Crippen molar-refractivity contribution in [2.75, 3.05) is 20.7 Å². The van der Waals surface area contributed by atoms with Gasteiger partial charge >= 0.3 is 17.9 Å². The Kier molecular flexibility index (Phi) is 4.84. The van der Waals surface area contributed by atoms with E-state index in [1.54, 1.807) is 0 Å². The van der Waals surface area contributed by atoms with Crippen molar-refractivity contribution in [1.82, 2.24) is 24.0 Å². The lowest BCUT2D eigenvalue weighted by Crippen LogP contribution is -2.35. The Balaban J connectivity index is 1.99. The minimum atomic E-state index is -4.43. The fourth-order valence-corrected chi connectivity index (χ4v) is 2.49. The van der Waals surface area contributed by atoms with E-state index < -0.39 is 24.5 Å². The van der Waals surface area contributed by atoms with E-state index in [0.29, 0.717) is 11.1 Å². The van der Waals surface area contributed by atoms with Gasteiger partial charge in [0.2, 0.25) is 0 Å². The molecule has 0 atom stereocenters. The number of nitrogens with zero attached hydrogens (tertiary/aromatic N) is 5. The Morgan fingerprint density at radius 1 is 1.21 bits per heavy atom. The van der Waals surface area contributed by atoms with Crippen LogP contribution in [0.15, 0.2) is 35.3 Å². The lowest BCUT2D eigenvalue weighted by molar-refractivity contribution is -0.153. The van der Waals surface area contributed by atoms with Crippen molar-refractivity contribution in [2.24, 2.45) is 7.05 Å². The molecular formula is C17H16F3N5O3. The van der Waals surface area contributed by atoms with Crippen LogP contribution in [0.5, 0.6) is 5.75 Å². The van der Waals surface area contributed by atoms with Gasteiger partial charge in [-0.3, -0.25) is 4.57 Å². The van der Waals surface area contributed by atoms with Crippen LogP contribution in [0.1, 0.15) is 0 Å².